The molecule has 0 saturated carbocycles. The Morgan fingerprint density at radius 3 is 2.43 bits per heavy atom. The first-order valence-corrected chi connectivity index (χ1v) is 7.51. The molecule has 2 aromatic carbocycles. The average Bonchev–Trinajstić information content (AvgIpc) is 2.85. The normalized spacial score (nSPS) is 10.8. The molecule has 0 radical (unpaired) electrons. The molecule has 3 nitrogen and oxygen atoms in total. The fraction of sp³-hybridized carbons (Fsp3) is 0.0625. The Bertz CT molecular complexity index is 797. The largest absolute Gasteiger partial charge is 0.380 e. The van der Waals surface area contributed by atoms with Crippen molar-refractivity contribution in [2.24, 2.45) is 0 Å². The second-order valence-electron chi connectivity index (χ2n) is 4.77. The second kappa shape index (κ2) is 5.54. The van der Waals surface area contributed by atoms with Crippen molar-refractivity contribution < 1.29 is 4.52 Å². The molecule has 1 aromatic heterocycles. The first kappa shape index (κ1) is 14.2. The van der Waals surface area contributed by atoms with Gasteiger partial charge in [0.05, 0.1) is 10.6 Å². The van der Waals surface area contributed by atoms with E-state index in [1.54, 1.807) is 0 Å². The van der Waals surface area contributed by atoms with Gasteiger partial charge in [0, 0.05) is 10.0 Å². The van der Waals surface area contributed by atoms with Gasteiger partial charge in [-0.25, -0.2) is 0 Å². The van der Waals surface area contributed by atoms with Crippen molar-refractivity contribution >= 4 is 33.3 Å². The second-order valence-corrected chi connectivity index (χ2v) is 6.03. The van der Waals surface area contributed by atoms with Crippen LogP contribution >= 0.6 is 27.5 Å². The van der Waals surface area contributed by atoms with E-state index in [0.717, 1.165) is 21.2 Å². The maximum atomic E-state index is 6.15. The van der Waals surface area contributed by atoms with E-state index in [4.69, 9.17) is 21.9 Å². The van der Waals surface area contributed by atoms with Crippen LogP contribution < -0.4 is 5.73 Å². The first-order chi connectivity index (χ1) is 10.1. The molecule has 0 aliphatic carbocycles. The summed E-state index contributed by atoms with van der Waals surface area (Å²) in [5, 5.41) is 4.50. The molecule has 0 spiro atoms. The lowest BCUT2D eigenvalue weighted by Gasteiger charge is -2.05. The number of anilines is 1. The van der Waals surface area contributed by atoms with Gasteiger partial charge in [-0.3, -0.25) is 0 Å². The van der Waals surface area contributed by atoms with Crippen LogP contribution in [0.15, 0.2) is 51.5 Å². The van der Waals surface area contributed by atoms with Crippen LogP contribution in [0, 0.1) is 6.92 Å². The van der Waals surface area contributed by atoms with Crippen molar-refractivity contribution in [2.45, 2.75) is 6.92 Å². The quantitative estimate of drug-likeness (QED) is 0.671. The molecule has 0 atom stereocenters. The van der Waals surface area contributed by atoms with Gasteiger partial charge in [0.2, 0.25) is 0 Å². The zero-order chi connectivity index (χ0) is 15.0. The monoisotopic (exact) mass is 362 g/mol. The number of hydrogen-bond acceptors (Lipinski definition) is 3. The molecule has 0 aliphatic heterocycles. The van der Waals surface area contributed by atoms with Gasteiger partial charge in [-0.2, -0.15) is 0 Å². The maximum Gasteiger partial charge on any atom is 0.176 e. The van der Waals surface area contributed by atoms with Crippen LogP contribution in [0.2, 0.25) is 5.02 Å². The Morgan fingerprint density at radius 1 is 1.10 bits per heavy atom. The van der Waals surface area contributed by atoms with Gasteiger partial charge in [0.15, 0.2) is 11.6 Å². The number of aromatic nitrogens is 1. The van der Waals surface area contributed by atoms with E-state index in [1.807, 2.05) is 49.4 Å². The summed E-state index contributed by atoms with van der Waals surface area (Å²) in [6.07, 6.45) is 0. The minimum absolute atomic E-state index is 0.368. The smallest absolute Gasteiger partial charge is 0.176 e. The molecule has 0 saturated heterocycles. The van der Waals surface area contributed by atoms with Crippen LogP contribution in [0.25, 0.3) is 22.5 Å². The van der Waals surface area contributed by atoms with E-state index in [-0.39, 0.29) is 0 Å². The zero-order valence-corrected chi connectivity index (χ0v) is 13.6. The highest BCUT2D eigenvalue weighted by molar-refractivity contribution is 9.10. The maximum absolute atomic E-state index is 6.15. The summed E-state index contributed by atoms with van der Waals surface area (Å²) in [7, 11) is 0. The van der Waals surface area contributed by atoms with Crippen molar-refractivity contribution in [2.75, 3.05) is 5.73 Å². The Kier molecular flexibility index (Phi) is 3.74. The van der Waals surface area contributed by atoms with E-state index in [9.17, 15) is 0 Å². The molecular weight excluding hydrogens is 352 g/mol. The molecular formula is C16H12BrClN2O. The fourth-order valence-electron chi connectivity index (χ4n) is 2.14. The van der Waals surface area contributed by atoms with Crippen LogP contribution in [0.1, 0.15) is 5.56 Å². The number of hydrogen-bond donors (Lipinski definition) is 1. The zero-order valence-electron chi connectivity index (χ0n) is 11.2. The van der Waals surface area contributed by atoms with Crippen molar-refractivity contribution in [3.8, 4) is 22.5 Å². The predicted octanol–water partition coefficient (Wildman–Crippen LogP) is 5.32. The average molecular weight is 364 g/mol. The van der Waals surface area contributed by atoms with E-state index >= 15 is 0 Å². The van der Waals surface area contributed by atoms with Crippen molar-refractivity contribution in [3.63, 3.8) is 0 Å². The summed E-state index contributed by atoms with van der Waals surface area (Å²) >= 11 is 9.53. The number of aryl methyl sites for hydroxylation is 1. The number of rotatable bonds is 2. The lowest BCUT2D eigenvalue weighted by atomic mass is 10.0. The third kappa shape index (κ3) is 2.69. The first-order valence-electron chi connectivity index (χ1n) is 6.34. The van der Waals surface area contributed by atoms with Crippen molar-refractivity contribution in [1.29, 1.82) is 0 Å². The SMILES string of the molecule is Cc1ccc(-c2c(N)noc2-c2ccc(Br)c(Cl)c2)cc1. The van der Waals surface area contributed by atoms with Gasteiger partial charge in [-0.1, -0.05) is 46.6 Å². The Balaban J connectivity index is 2.16. The number of benzene rings is 2. The van der Waals surface area contributed by atoms with E-state index in [2.05, 4.69) is 21.1 Å². The van der Waals surface area contributed by atoms with Crippen LogP contribution in [0.5, 0.6) is 0 Å². The molecule has 2 N–H and O–H groups in total. The van der Waals surface area contributed by atoms with Crippen LogP contribution in [-0.4, -0.2) is 5.16 Å². The summed E-state index contributed by atoms with van der Waals surface area (Å²) in [6, 6.07) is 13.7. The van der Waals surface area contributed by atoms with Gasteiger partial charge >= 0.3 is 0 Å². The summed E-state index contributed by atoms with van der Waals surface area (Å²) in [6.45, 7) is 2.04. The standard InChI is InChI=1S/C16H12BrClN2O/c1-9-2-4-10(5-3-9)14-15(21-20-16(14)19)11-6-7-12(17)13(18)8-11/h2-8H,1H3,(H2,19,20). The minimum atomic E-state index is 0.368. The van der Waals surface area contributed by atoms with E-state index in [0.29, 0.717) is 16.6 Å². The van der Waals surface area contributed by atoms with E-state index < -0.39 is 0 Å². The highest BCUT2D eigenvalue weighted by Gasteiger charge is 2.18. The van der Waals surface area contributed by atoms with Gasteiger partial charge in [0.1, 0.15) is 0 Å². The summed E-state index contributed by atoms with van der Waals surface area (Å²) < 4.78 is 6.24. The summed E-state index contributed by atoms with van der Waals surface area (Å²) in [4.78, 5) is 0. The Morgan fingerprint density at radius 2 is 1.76 bits per heavy atom. The molecule has 1 heterocycles. The highest BCUT2D eigenvalue weighted by atomic mass is 79.9. The lowest BCUT2D eigenvalue weighted by Crippen LogP contribution is -1.89. The van der Waals surface area contributed by atoms with Gasteiger partial charge < -0.3 is 10.3 Å². The lowest BCUT2D eigenvalue weighted by molar-refractivity contribution is 0.436. The molecule has 0 aliphatic rings. The molecule has 106 valence electrons. The van der Waals surface area contributed by atoms with Crippen LogP contribution in [-0.2, 0) is 0 Å². The highest BCUT2D eigenvalue weighted by Crippen LogP contribution is 2.38. The molecule has 3 rings (SSSR count). The van der Waals surface area contributed by atoms with Crippen LogP contribution in [0.3, 0.4) is 0 Å². The number of halogens is 2. The molecule has 0 amide bonds. The summed E-state index contributed by atoms with van der Waals surface area (Å²) in [5.41, 5.74) is 9.74. The Labute approximate surface area is 135 Å². The summed E-state index contributed by atoms with van der Waals surface area (Å²) in [5.74, 6) is 0.985. The Hall–Kier alpha value is -1.78. The van der Waals surface area contributed by atoms with Crippen molar-refractivity contribution in [1.82, 2.24) is 5.16 Å². The molecule has 0 unspecified atom stereocenters. The molecule has 5 heteroatoms. The fourth-order valence-corrected chi connectivity index (χ4v) is 2.56. The minimum Gasteiger partial charge on any atom is -0.380 e. The van der Waals surface area contributed by atoms with Crippen LogP contribution in [0.4, 0.5) is 5.82 Å². The molecule has 21 heavy (non-hydrogen) atoms. The number of nitrogens with two attached hydrogens (primary N) is 1. The predicted molar refractivity (Wildman–Crippen MR) is 89.2 cm³/mol. The van der Waals surface area contributed by atoms with Crippen molar-refractivity contribution in [3.05, 3.63) is 57.5 Å². The molecule has 0 bridgehead atoms. The molecule has 0 fully saturated rings. The molecule has 3 aromatic rings. The van der Waals surface area contributed by atoms with Gasteiger partial charge in [-0.05, 0) is 46.6 Å². The van der Waals surface area contributed by atoms with E-state index in [1.165, 1.54) is 5.56 Å². The van der Waals surface area contributed by atoms with Gasteiger partial charge in [-0.15, -0.1) is 0 Å². The third-order valence-electron chi connectivity index (χ3n) is 3.24. The third-order valence-corrected chi connectivity index (χ3v) is 4.47. The topological polar surface area (TPSA) is 52.0 Å². The number of nitrogens with zero attached hydrogens (tertiary/aromatic N) is 1. The number of nitrogen functional groups attached to an aromatic ring is 1. The van der Waals surface area contributed by atoms with Gasteiger partial charge in [0.25, 0.3) is 0 Å².